The lowest BCUT2D eigenvalue weighted by molar-refractivity contribution is -0.698. The van der Waals surface area contributed by atoms with Gasteiger partial charge in [-0.1, -0.05) is 18.2 Å². The molecule has 0 aliphatic carbocycles. The van der Waals surface area contributed by atoms with Crippen LogP contribution in [0.25, 0.3) is 0 Å². The molecule has 0 aliphatic heterocycles. The van der Waals surface area contributed by atoms with Gasteiger partial charge in [-0.15, -0.1) is 0 Å². The molecular weight excluding hydrogens is 242 g/mol. The number of hydrogen-bond acceptors (Lipinski definition) is 4. The van der Waals surface area contributed by atoms with Gasteiger partial charge in [0.1, 0.15) is 4.90 Å². The summed E-state index contributed by atoms with van der Waals surface area (Å²) in [7, 11) is -3.63. The van der Waals surface area contributed by atoms with Gasteiger partial charge in [-0.3, -0.25) is 0 Å². The normalized spacial score (nSPS) is 11.6. The van der Waals surface area contributed by atoms with E-state index in [1.807, 2.05) is 0 Å². The summed E-state index contributed by atoms with van der Waals surface area (Å²) in [6.45, 7) is 0.242. The van der Waals surface area contributed by atoms with E-state index in [2.05, 4.69) is 5.10 Å². The minimum absolute atomic E-state index is 0.0677. The van der Waals surface area contributed by atoms with Crippen LogP contribution >= 0.6 is 0 Å². The van der Waals surface area contributed by atoms with Crippen molar-refractivity contribution in [2.24, 2.45) is 0 Å². The molecule has 1 aromatic heterocycles. The van der Waals surface area contributed by atoms with Crippen molar-refractivity contribution < 1.29 is 18.1 Å². The molecule has 0 bridgehead atoms. The SMILES string of the molecule is O=S(=O)(c1ccccc1)n1c[n+](CCO)cn1. The summed E-state index contributed by atoms with van der Waals surface area (Å²) in [5.74, 6) is 0. The molecule has 0 unspecified atom stereocenters. The van der Waals surface area contributed by atoms with Crippen molar-refractivity contribution in [2.45, 2.75) is 11.4 Å². The quantitative estimate of drug-likeness (QED) is 0.739. The molecule has 1 N–H and O–H groups in total. The van der Waals surface area contributed by atoms with Gasteiger partial charge in [-0.2, -0.15) is 8.42 Å². The first-order chi connectivity index (χ1) is 8.14. The summed E-state index contributed by atoms with van der Waals surface area (Å²) in [5, 5.41) is 12.5. The lowest BCUT2D eigenvalue weighted by atomic mass is 10.4. The van der Waals surface area contributed by atoms with E-state index < -0.39 is 10.0 Å². The Morgan fingerprint density at radius 2 is 2.00 bits per heavy atom. The maximum absolute atomic E-state index is 12.1. The van der Waals surface area contributed by atoms with Crippen molar-refractivity contribution in [3.63, 3.8) is 0 Å². The average Bonchev–Trinajstić information content (AvgIpc) is 2.80. The highest BCUT2D eigenvalue weighted by molar-refractivity contribution is 7.89. The fraction of sp³-hybridized carbons (Fsp3) is 0.200. The smallest absolute Gasteiger partial charge is 0.341 e. The molecule has 0 atom stereocenters. The first kappa shape index (κ1) is 11.7. The van der Waals surface area contributed by atoms with Gasteiger partial charge in [0.05, 0.1) is 18.3 Å². The van der Waals surface area contributed by atoms with E-state index in [9.17, 15) is 8.42 Å². The summed E-state index contributed by atoms with van der Waals surface area (Å²) in [6, 6.07) is 8.06. The van der Waals surface area contributed by atoms with Crippen LogP contribution in [0, 0.1) is 0 Å². The van der Waals surface area contributed by atoms with E-state index in [0.717, 1.165) is 4.09 Å². The largest absolute Gasteiger partial charge is 0.393 e. The second kappa shape index (κ2) is 4.64. The van der Waals surface area contributed by atoms with Crippen molar-refractivity contribution >= 4 is 10.0 Å². The summed E-state index contributed by atoms with van der Waals surface area (Å²) in [5.41, 5.74) is 0. The molecule has 1 heterocycles. The molecule has 0 saturated carbocycles. The standard InChI is InChI=1S/C10H12N3O3S/c14-7-6-12-8-11-13(9-12)17(15,16)10-4-2-1-3-5-10/h1-5,8-9,14H,6-7H2/q+1. The molecule has 17 heavy (non-hydrogen) atoms. The predicted octanol–water partition coefficient (Wildman–Crippen LogP) is -0.600. The van der Waals surface area contributed by atoms with E-state index in [0.29, 0.717) is 6.54 Å². The Morgan fingerprint density at radius 1 is 1.29 bits per heavy atom. The zero-order valence-corrected chi connectivity index (χ0v) is 9.79. The number of rotatable bonds is 4. The number of aromatic nitrogens is 3. The first-order valence-corrected chi connectivity index (χ1v) is 6.44. The Morgan fingerprint density at radius 3 is 2.65 bits per heavy atom. The third-order valence-corrected chi connectivity index (χ3v) is 3.76. The summed E-state index contributed by atoms with van der Waals surface area (Å²) < 4.78 is 26.5. The van der Waals surface area contributed by atoms with E-state index in [1.54, 1.807) is 18.2 Å². The summed E-state index contributed by atoms with van der Waals surface area (Å²) >= 11 is 0. The van der Waals surface area contributed by atoms with Crippen LogP contribution in [0.15, 0.2) is 47.9 Å². The molecule has 90 valence electrons. The molecule has 2 rings (SSSR count). The summed E-state index contributed by atoms with van der Waals surface area (Å²) in [4.78, 5) is 0.180. The van der Waals surface area contributed by atoms with Gasteiger partial charge in [-0.05, 0) is 12.1 Å². The van der Waals surface area contributed by atoms with Crippen LogP contribution in [0.3, 0.4) is 0 Å². The second-order valence-corrected chi connectivity index (χ2v) is 5.19. The van der Waals surface area contributed by atoms with E-state index in [4.69, 9.17) is 5.11 Å². The van der Waals surface area contributed by atoms with Crippen LogP contribution in [0.5, 0.6) is 0 Å². The highest BCUT2D eigenvalue weighted by Crippen LogP contribution is 2.10. The van der Waals surface area contributed by atoms with Gasteiger partial charge in [0, 0.05) is 4.09 Å². The molecule has 2 aromatic rings. The van der Waals surface area contributed by atoms with E-state index in [1.165, 1.54) is 29.4 Å². The van der Waals surface area contributed by atoms with Crippen LogP contribution in [0.1, 0.15) is 0 Å². The number of aliphatic hydroxyl groups excluding tert-OH is 1. The van der Waals surface area contributed by atoms with Crippen LogP contribution in [0.4, 0.5) is 0 Å². The third kappa shape index (κ3) is 2.34. The van der Waals surface area contributed by atoms with Crippen LogP contribution < -0.4 is 4.57 Å². The van der Waals surface area contributed by atoms with Crippen molar-refractivity contribution in [1.82, 2.24) is 9.19 Å². The zero-order valence-electron chi connectivity index (χ0n) is 8.97. The van der Waals surface area contributed by atoms with Gasteiger partial charge in [0.2, 0.25) is 6.33 Å². The number of benzene rings is 1. The third-order valence-electron chi connectivity index (χ3n) is 2.21. The Hall–Kier alpha value is -1.73. The molecule has 0 saturated heterocycles. The van der Waals surface area contributed by atoms with Gasteiger partial charge in [0.15, 0.2) is 0 Å². The molecular formula is C10H12N3O3S+. The monoisotopic (exact) mass is 254 g/mol. The van der Waals surface area contributed by atoms with Crippen molar-refractivity contribution in [3.05, 3.63) is 43.0 Å². The maximum atomic E-state index is 12.1. The molecule has 0 spiro atoms. The molecule has 1 aromatic carbocycles. The highest BCUT2D eigenvalue weighted by Gasteiger charge is 2.24. The Labute approximate surface area is 98.8 Å². The minimum atomic E-state index is -3.63. The maximum Gasteiger partial charge on any atom is 0.341 e. The molecule has 0 radical (unpaired) electrons. The average molecular weight is 254 g/mol. The van der Waals surface area contributed by atoms with Crippen molar-refractivity contribution in [2.75, 3.05) is 6.61 Å². The molecule has 0 aliphatic rings. The van der Waals surface area contributed by atoms with Crippen molar-refractivity contribution in [1.29, 1.82) is 0 Å². The Balaban J connectivity index is 2.38. The highest BCUT2D eigenvalue weighted by atomic mass is 32.2. The summed E-state index contributed by atoms with van der Waals surface area (Å²) in [6.07, 6.45) is 2.69. The van der Waals surface area contributed by atoms with Gasteiger partial charge in [-0.25, -0.2) is 4.57 Å². The van der Waals surface area contributed by atoms with Gasteiger partial charge in [0.25, 0.3) is 6.33 Å². The number of hydrogen-bond donors (Lipinski definition) is 1. The second-order valence-electron chi connectivity index (χ2n) is 3.40. The number of aliphatic hydroxyl groups is 1. The predicted molar refractivity (Wildman–Crippen MR) is 58.5 cm³/mol. The molecule has 0 amide bonds. The van der Waals surface area contributed by atoms with E-state index in [-0.39, 0.29) is 11.5 Å². The lowest BCUT2D eigenvalue weighted by Crippen LogP contribution is -2.33. The topological polar surface area (TPSA) is 76.1 Å². The lowest BCUT2D eigenvalue weighted by Gasteiger charge is -1.96. The van der Waals surface area contributed by atoms with Crippen LogP contribution in [0.2, 0.25) is 0 Å². The fourth-order valence-electron chi connectivity index (χ4n) is 1.36. The van der Waals surface area contributed by atoms with Gasteiger partial charge >= 0.3 is 10.0 Å². The Bertz CT molecular complexity index is 592. The molecule has 7 heteroatoms. The van der Waals surface area contributed by atoms with Crippen molar-refractivity contribution in [3.8, 4) is 0 Å². The Kier molecular flexibility index (Phi) is 3.21. The fourth-order valence-corrected chi connectivity index (χ4v) is 2.49. The van der Waals surface area contributed by atoms with Crippen LogP contribution in [-0.4, -0.2) is 29.3 Å². The minimum Gasteiger partial charge on any atom is -0.393 e. The van der Waals surface area contributed by atoms with E-state index >= 15 is 0 Å². The van der Waals surface area contributed by atoms with Crippen LogP contribution in [-0.2, 0) is 16.6 Å². The first-order valence-electron chi connectivity index (χ1n) is 5.00. The zero-order chi connectivity index (χ0) is 12.3. The number of nitrogens with zero attached hydrogens (tertiary/aromatic N) is 3. The molecule has 0 fully saturated rings. The molecule has 6 nitrogen and oxygen atoms in total. The van der Waals surface area contributed by atoms with Gasteiger partial charge < -0.3 is 5.11 Å².